The summed E-state index contributed by atoms with van der Waals surface area (Å²) in [7, 11) is 3.05. The van der Waals surface area contributed by atoms with Gasteiger partial charge < -0.3 is 19.7 Å². The van der Waals surface area contributed by atoms with E-state index in [0.717, 1.165) is 5.56 Å². The molecule has 1 aromatic carbocycles. The number of carbonyl (C=O) groups is 1. The second-order valence-corrected chi connectivity index (χ2v) is 4.47. The lowest BCUT2D eigenvalue weighted by molar-refractivity contribution is -0.142. The number of aliphatic carboxylic acids is 1. The lowest BCUT2D eigenvalue weighted by Crippen LogP contribution is -2.26. The summed E-state index contributed by atoms with van der Waals surface area (Å²) in [5.74, 6) is 0.0814. The van der Waals surface area contributed by atoms with E-state index < -0.39 is 11.6 Å². The first-order chi connectivity index (χ1) is 8.50. The molecule has 0 heterocycles. The van der Waals surface area contributed by atoms with Gasteiger partial charge in [-0.3, -0.25) is 4.79 Å². The zero-order valence-corrected chi connectivity index (χ0v) is 10.4. The first-order valence-corrected chi connectivity index (χ1v) is 5.69. The third-order valence-electron chi connectivity index (χ3n) is 3.36. The SMILES string of the molecule is COc1cc2c(cc1OC)C(O)(CC(=O)O)CC2. The van der Waals surface area contributed by atoms with Gasteiger partial charge in [-0.25, -0.2) is 0 Å². The Balaban J connectivity index is 2.46. The highest BCUT2D eigenvalue weighted by atomic mass is 16.5. The van der Waals surface area contributed by atoms with Crippen molar-refractivity contribution < 1.29 is 24.5 Å². The number of hydrogen-bond donors (Lipinski definition) is 2. The molecule has 1 atom stereocenters. The molecule has 5 heteroatoms. The predicted octanol–water partition coefficient (Wildman–Crippen LogP) is 1.31. The van der Waals surface area contributed by atoms with Gasteiger partial charge >= 0.3 is 5.97 Å². The Hall–Kier alpha value is -1.75. The van der Waals surface area contributed by atoms with Gasteiger partial charge in [0.15, 0.2) is 11.5 Å². The molecule has 0 saturated heterocycles. The second kappa shape index (κ2) is 4.49. The van der Waals surface area contributed by atoms with Crippen molar-refractivity contribution in [3.63, 3.8) is 0 Å². The topological polar surface area (TPSA) is 76.0 Å². The fraction of sp³-hybridized carbons (Fsp3) is 0.462. The molecule has 1 aliphatic carbocycles. The van der Waals surface area contributed by atoms with Gasteiger partial charge in [0.05, 0.1) is 20.6 Å². The predicted molar refractivity (Wildman–Crippen MR) is 64.0 cm³/mol. The van der Waals surface area contributed by atoms with Crippen LogP contribution in [0.4, 0.5) is 0 Å². The number of aliphatic hydroxyl groups is 1. The van der Waals surface area contributed by atoms with Crippen LogP contribution >= 0.6 is 0 Å². The summed E-state index contributed by atoms with van der Waals surface area (Å²) in [5, 5.41) is 19.3. The summed E-state index contributed by atoms with van der Waals surface area (Å²) in [6.45, 7) is 0. The third-order valence-corrected chi connectivity index (χ3v) is 3.36. The van der Waals surface area contributed by atoms with Crippen molar-refractivity contribution in [2.75, 3.05) is 14.2 Å². The summed E-state index contributed by atoms with van der Waals surface area (Å²) in [6, 6.07) is 3.47. The van der Waals surface area contributed by atoms with Gasteiger partial charge in [0.1, 0.15) is 5.60 Å². The zero-order chi connectivity index (χ0) is 13.3. The van der Waals surface area contributed by atoms with Gasteiger partial charge in [-0.05, 0) is 36.1 Å². The van der Waals surface area contributed by atoms with Crippen LogP contribution in [0, 0.1) is 0 Å². The Bertz CT molecular complexity index is 483. The molecule has 0 spiro atoms. The van der Waals surface area contributed by atoms with E-state index in [1.54, 1.807) is 19.2 Å². The molecule has 1 aromatic rings. The molecule has 0 aromatic heterocycles. The Kier molecular flexibility index (Phi) is 3.17. The smallest absolute Gasteiger partial charge is 0.306 e. The summed E-state index contributed by atoms with van der Waals surface area (Å²) in [5.41, 5.74) is 0.236. The summed E-state index contributed by atoms with van der Waals surface area (Å²) in [4.78, 5) is 10.8. The molecule has 98 valence electrons. The minimum atomic E-state index is -1.30. The Morgan fingerprint density at radius 1 is 1.33 bits per heavy atom. The van der Waals surface area contributed by atoms with Gasteiger partial charge in [0.25, 0.3) is 0 Å². The molecule has 0 aliphatic heterocycles. The molecule has 0 bridgehead atoms. The third kappa shape index (κ3) is 2.01. The molecular weight excluding hydrogens is 236 g/mol. The second-order valence-electron chi connectivity index (χ2n) is 4.47. The molecule has 1 aliphatic rings. The minimum Gasteiger partial charge on any atom is -0.493 e. The van der Waals surface area contributed by atoms with Crippen molar-refractivity contribution in [2.45, 2.75) is 24.9 Å². The first-order valence-electron chi connectivity index (χ1n) is 5.69. The number of carboxylic acids is 1. The average Bonchev–Trinajstić information content (AvgIpc) is 2.63. The van der Waals surface area contributed by atoms with Crippen LogP contribution in [0.25, 0.3) is 0 Å². The van der Waals surface area contributed by atoms with Crippen LogP contribution < -0.4 is 9.47 Å². The normalized spacial score (nSPS) is 21.5. The van der Waals surface area contributed by atoms with Crippen LogP contribution in [-0.4, -0.2) is 30.4 Å². The Labute approximate surface area is 105 Å². The van der Waals surface area contributed by atoms with Gasteiger partial charge in [0, 0.05) is 0 Å². The molecule has 0 radical (unpaired) electrons. The van der Waals surface area contributed by atoms with Gasteiger partial charge in [-0.2, -0.15) is 0 Å². The molecule has 2 N–H and O–H groups in total. The van der Waals surface area contributed by atoms with E-state index in [9.17, 15) is 9.90 Å². The van der Waals surface area contributed by atoms with Crippen LogP contribution in [0.5, 0.6) is 11.5 Å². The number of benzene rings is 1. The molecule has 1 unspecified atom stereocenters. The van der Waals surface area contributed by atoms with Crippen LogP contribution in [0.1, 0.15) is 24.0 Å². The number of ether oxygens (including phenoxy) is 2. The number of fused-ring (bicyclic) bond motifs is 1. The number of methoxy groups -OCH3 is 2. The van der Waals surface area contributed by atoms with E-state index >= 15 is 0 Å². The van der Waals surface area contributed by atoms with Gasteiger partial charge in [0.2, 0.25) is 0 Å². The fourth-order valence-electron chi connectivity index (χ4n) is 2.47. The number of carboxylic acid groups (broad SMARTS) is 1. The zero-order valence-electron chi connectivity index (χ0n) is 10.4. The standard InChI is InChI=1S/C13H16O5/c1-17-10-5-8-3-4-13(16,7-12(14)15)9(8)6-11(10)18-2/h5-6,16H,3-4,7H2,1-2H3,(H,14,15). The lowest BCUT2D eigenvalue weighted by atomic mass is 9.92. The average molecular weight is 252 g/mol. The van der Waals surface area contributed by atoms with Crippen molar-refractivity contribution in [2.24, 2.45) is 0 Å². The summed E-state index contributed by atoms with van der Waals surface area (Å²) < 4.78 is 10.4. The highest BCUT2D eigenvalue weighted by Gasteiger charge is 2.39. The first kappa shape index (κ1) is 12.7. The maximum absolute atomic E-state index is 10.8. The van der Waals surface area contributed by atoms with Crippen molar-refractivity contribution in [3.8, 4) is 11.5 Å². The number of aryl methyl sites for hydroxylation is 1. The van der Waals surface area contributed by atoms with Crippen LogP contribution in [0.3, 0.4) is 0 Å². The Morgan fingerprint density at radius 2 is 1.94 bits per heavy atom. The molecule has 5 nitrogen and oxygen atoms in total. The summed E-state index contributed by atoms with van der Waals surface area (Å²) >= 11 is 0. The van der Waals surface area contributed by atoms with Crippen LogP contribution in [0.15, 0.2) is 12.1 Å². The number of hydrogen-bond acceptors (Lipinski definition) is 4. The largest absolute Gasteiger partial charge is 0.493 e. The van der Waals surface area contributed by atoms with E-state index in [4.69, 9.17) is 14.6 Å². The fourth-order valence-corrected chi connectivity index (χ4v) is 2.47. The van der Waals surface area contributed by atoms with Crippen molar-refractivity contribution in [1.29, 1.82) is 0 Å². The monoisotopic (exact) mass is 252 g/mol. The minimum absolute atomic E-state index is 0.296. The van der Waals surface area contributed by atoms with Crippen LogP contribution in [0.2, 0.25) is 0 Å². The van der Waals surface area contributed by atoms with Gasteiger partial charge in [-0.15, -0.1) is 0 Å². The van der Waals surface area contributed by atoms with Crippen LogP contribution in [-0.2, 0) is 16.8 Å². The van der Waals surface area contributed by atoms with E-state index in [0.29, 0.717) is 29.9 Å². The van der Waals surface area contributed by atoms with E-state index in [2.05, 4.69) is 0 Å². The lowest BCUT2D eigenvalue weighted by Gasteiger charge is -2.22. The maximum atomic E-state index is 10.8. The summed E-state index contributed by atoms with van der Waals surface area (Å²) in [6.07, 6.45) is 0.750. The highest BCUT2D eigenvalue weighted by Crippen LogP contribution is 2.44. The Morgan fingerprint density at radius 3 is 2.50 bits per heavy atom. The van der Waals surface area contributed by atoms with Crippen molar-refractivity contribution >= 4 is 5.97 Å². The molecule has 0 fully saturated rings. The quantitative estimate of drug-likeness (QED) is 0.845. The molecular formula is C13H16O5. The van der Waals surface area contributed by atoms with Crippen molar-refractivity contribution in [3.05, 3.63) is 23.3 Å². The van der Waals surface area contributed by atoms with Crippen molar-refractivity contribution in [1.82, 2.24) is 0 Å². The van der Waals surface area contributed by atoms with E-state index in [-0.39, 0.29) is 6.42 Å². The molecule has 0 saturated carbocycles. The molecule has 0 amide bonds. The molecule has 18 heavy (non-hydrogen) atoms. The highest BCUT2D eigenvalue weighted by molar-refractivity contribution is 5.69. The maximum Gasteiger partial charge on any atom is 0.306 e. The van der Waals surface area contributed by atoms with E-state index in [1.165, 1.54) is 7.11 Å². The molecule has 2 rings (SSSR count). The van der Waals surface area contributed by atoms with E-state index in [1.807, 2.05) is 0 Å². The number of rotatable bonds is 4. The van der Waals surface area contributed by atoms with Gasteiger partial charge in [-0.1, -0.05) is 0 Å².